The highest BCUT2D eigenvalue weighted by atomic mass is 15.1. The predicted molar refractivity (Wildman–Crippen MR) is 25.4 cm³/mol. The second kappa shape index (κ2) is 1.23. The van der Waals surface area contributed by atoms with Gasteiger partial charge >= 0.3 is 0 Å². The Hall–Kier alpha value is -0.0400. The first-order valence-corrected chi connectivity index (χ1v) is 2.64. The molecule has 1 saturated heterocycles. The van der Waals surface area contributed by atoms with Crippen molar-refractivity contribution in [1.82, 2.24) is 0 Å². The average Bonchev–Trinajstić information content (AvgIpc) is 2.06. The molecule has 1 fully saturated rings. The molecule has 0 aliphatic carbocycles. The highest BCUT2D eigenvalue weighted by Gasteiger charge is 2.29. The molecule has 6 heavy (non-hydrogen) atoms. The third kappa shape index (κ3) is 0.716. The molecule has 0 bridgehead atoms. The maximum Gasteiger partial charge on any atom is 0.138 e. The first-order valence-electron chi connectivity index (χ1n) is 2.64. The summed E-state index contributed by atoms with van der Waals surface area (Å²) in [5.74, 6) is 0.907. The van der Waals surface area contributed by atoms with E-state index in [1.54, 1.807) is 0 Å². The highest BCUT2D eigenvalue weighted by Crippen LogP contribution is 1.98. The summed E-state index contributed by atoms with van der Waals surface area (Å²) in [7, 11) is 0. The minimum absolute atomic E-state index is 0.907. The molecule has 1 heteroatoms. The van der Waals surface area contributed by atoms with Gasteiger partial charge in [-0.2, -0.15) is 0 Å². The fraction of sp³-hybridized carbons (Fsp3) is 1.00. The van der Waals surface area contributed by atoms with Gasteiger partial charge in [0.05, 0.1) is 0 Å². The first-order chi connectivity index (χ1) is 2.80. The van der Waals surface area contributed by atoms with Crippen LogP contribution in [0.1, 0.15) is 13.8 Å². The van der Waals surface area contributed by atoms with Gasteiger partial charge in [-0.1, -0.05) is 13.8 Å². The standard InChI is InChI=1S/C5H11N/c1-4(2)5-3-6-5/h4-6H,3H2,1-2H3/p+1. The van der Waals surface area contributed by atoms with E-state index in [9.17, 15) is 0 Å². The van der Waals surface area contributed by atoms with E-state index in [1.807, 2.05) is 0 Å². The lowest BCUT2D eigenvalue weighted by molar-refractivity contribution is -0.500. The first kappa shape index (κ1) is 4.13. The lowest BCUT2D eigenvalue weighted by Gasteiger charge is -1.87. The highest BCUT2D eigenvalue weighted by molar-refractivity contribution is 4.63. The van der Waals surface area contributed by atoms with Crippen LogP contribution in [0.3, 0.4) is 0 Å². The van der Waals surface area contributed by atoms with Crippen molar-refractivity contribution in [2.75, 3.05) is 6.54 Å². The second-order valence-corrected chi connectivity index (χ2v) is 2.38. The molecule has 0 aromatic carbocycles. The van der Waals surface area contributed by atoms with E-state index in [0.717, 1.165) is 12.0 Å². The molecule has 0 aromatic rings. The van der Waals surface area contributed by atoms with Crippen molar-refractivity contribution in [2.24, 2.45) is 5.92 Å². The summed E-state index contributed by atoms with van der Waals surface area (Å²) in [5.41, 5.74) is 0. The Morgan fingerprint density at radius 2 is 2.17 bits per heavy atom. The molecule has 0 radical (unpaired) electrons. The second-order valence-electron chi connectivity index (χ2n) is 2.38. The lowest BCUT2D eigenvalue weighted by Crippen LogP contribution is -2.60. The topological polar surface area (TPSA) is 16.6 Å². The molecular formula is C5H12N+. The minimum Gasteiger partial charge on any atom is -0.334 e. The van der Waals surface area contributed by atoms with Crippen LogP contribution < -0.4 is 5.32 Å². The summed E-state index contributed by atoms with van der Waals surface area (Å²) >= 11 is 0. The summed E-state index contributed by atoms with van der Waals surface area (Å²) < 4.78 is 0. The van der Waals surface area contributed by atoms with Gasteiger partial charge in [0.1, 0.15) is 12.6 Å². The van der Waals surface area contributed by atoms with Crippen molar-refractivity contribution in [3.8, 4) is 0 Å². The zero-order valence-electron chi connectivity index (χ0n) is 4.44. The van der Waals surface area contributed by atoms with E-state index in [-0.39, 0.29) is 0 Å². The van der Waals surface area contributed by atoms with Crippen LogP contribution in [0.2, 0.25) is 0 Å². The van der Waals surface area contributed by atoms with Crippen molar-refractivity contribution in [3.05, 3.63) is 0 Å². The largest absolute Gasteiger partial charge is 0.334 e. The molecule has 1 unspecified atom stereocenters. The summed E-state index contributed by atoms with van der Waals surface area (Å²) in [4.78, 5) is 0. The zero-order chi connectivity index (χ0) is 4.57. The fourth-order valence-electron chi connectivity index (χ4n) is 0.623. The Morgan fingerprint density at radius 1 is 1.67 bits per heavy atom. The van der Waals surface area contributed by atoms with E-state index in [1.165, 1.54) is 6.54 Å². The fourth-order valence-corrected chi connectivity index (χ4v) is 0.623. The van der Waals surface area contributed by atoms with Crippen molar-refractivity contribution < 1.29 is 5.32 Å². The monoisotopic (exact) mass is 86.1 g/mol. The van der Waals surface area contributed by atoms with Crippen LogP contribution in [0.25, 0.3) is 0 Å². The van der Waals surface area contributed by atoms with Gasteiger partial charge in [0, 0.05) is 5.92 Å². The van der Waals surface area contributed by atoms with Crippen LogP contribution in [0, 0.1) is 5.92 Å². The van der Waals surface area contributed by atoms with Gasteiger partial charge in [0.15, 0.2) is 0 Å². The third-order valence-electron chi connectivity index (χ3n) is 1.36. The van der Waals surface area contributed by atoms with Crippen LogP contribution in [0.5, 0.6) is 0 Å². The average molecular weight is 86.2 g/mol. The quantitative estimate of drug-likeness (QED) is 0.418. The summed E-state index contributed by atoms with van der Waals surface area (Å²) in [6, 6.07) is 0.977. The summed E-state index contributed by atoms with van der Waals surface area (Å²) in [5, 5.41) is 2.37. The van der Waals surface area contributed by atoms with E-state index >= 15 is 0 Å². The maximum absolute atomic E-state index is 2.37. The number of nitrogens with two attached hydrogens (primary N) is 1. The number of hydrogen-bond acceptors (Lipinski definition) is 0. The van der Waals surface area contributed by atoms with Crippen molar-refractivity contribution >= 4 is 0 Å². The van der Waals surface area contributed by atoms with Gasteiger partial charge in [-0.25, -0.2) is 0 Å². The minimum atomic E-state index is 0.907. The SMILES string of the molecule is CC(C)C1C[NH2+]1. The number of quaternary nitrogens is 1. The van der Waals surface area contributed by atoms with Crippen molar-refractivity contribution in [3.63, 3.8) is 0 Å². The number of rotatable bonds is 1. The molecule has 2 N–H and O–H groups in total. The normalized spacial score (nSPS) is 31.5. The van der Waals surface area contributed by atoms with E-state index in [4.69, 9.17) is 0 Å². The Morgan fingerprint density at radius 3 is 2.17 bits per heavy atom. The molecule has 1 nitrogen and oxygen atoms in total. The zero-order valence-corrected chi connectivity index (χ0v) is 4.44. The van der Waals surface area contributed by atoms with Crippen molar-refractivity contribution in [2.45, 2.75) is 19.9 Å². The molecule has 1 atom stereocenters. The molecule has 36 valence electrons. The molecular weight excluding hydrogens is 74.1 g/mol. The van der Waals surface area contributed by atoms with Crippen LogP contribution in [0.15, 0.2) is 0 Å². The lowest BCUT2D eigenvalue weighted by atomic mass is 10.1. The smallest absolute Gasteiger partial charge is 0.138 e. The van der Waals surface area contributed by atoms with Gasteiger partial charge in [0.2, 0.25) is 0 Å². The molecule has 1 rings (SSSR count). The van der Waals surface area contributed by atoms with Crippen LogP contribution in [0.4, 0.5) is 0 Å². The molecule has 1 aliphatic heterocycles. The molecule has 0 amide bonds. The summed E-state index contributed by atoms with van der Waals surface area (Å²) in [6.45, 7) is 5.92. The van der Waals surface area contributed by atoms with E-state index in [0.29, 0.717) is 0 Å². The maximum atomic E-state index is 2.37. The molecule has 1 aliphatic rings. The number of hydrogen-bond donors (Lipinski definition) is 1. The van der Waals surface area contributed by atoms with Crippen molar-refractivity contribution in [1.29, 1.82) is 0 Å². The molecule has 0 spiro atoms. The molecule has 1 heterocycles. The van der Waals surface area contributed by atoms with Gasteiger partial charge < -0.3 is 5.32 Å². The van der Waals surface area contributed by atoms with E-state index < -0.39 is 0 Å². The van der Waals surface area contributed by atoms with Gasteiger partial charge in [-0.05, 0) is 0 Å². The molecule has 0 aromatic heterocycles. The van der Waals surface area contributed by atoms with Crippen LogP contribution in [-0.4, -0.2) is 12.6 Å². The predicted octanol–water partition coefficient (Wildman–Crippen LogP) is -0.412. The Balaban J connectivity index is 2.13. The van der Waals surface area contributed by atoms with Crippen LogP contribution in [-0.2, 0) is 0 Å². The third-order valence-corrected chi connectivity index (χ3v) is 1.36. The van der Waals surface area contributed by atoms with Crippen LogP contribution >= 0.6 is 0 Å². The molecule has 0 saturated carbocycles. The Kier molecular flexibility index (Phi) is 0.845. The van der Waals surface area contributed by atoms with Gasteiger partial charge in [-0.3, -0.25) is 0 Å². The van der Waals surface area contributed by atoms with Gasteiger partial charge in [-0.15, -0.1) is 0 Å². The Bertz CT molecular complexity index is 45.9. The Labute approximate surface area is 38.7 Å². The van der Waals surface area contributed by atoms with Gasteiger partial charge in [0.25, 0.3) is 0 Å². The van der Waals surface area contributed by atoms with E-state index in [2.05, 4.69) is 19.2 Å². The summed E-state index contributed by atoms with van der Waals surface area (Å²) in [6.07, 6.45) is 0.